The largest absolute Gasteiger partial charge is 0.480 e. The van der Waals surface area contributed by atoms with Crippen LogP contribution in [0, 0.1) is 0 Å². The summed E-state index contributed by atoms with van der Waals surface area (Å²) >= 11 is 0. The fraction of sp³-hybridized carbons (Fsp3) is 0.893. The molecule has 0 saturated heterocycles. The minimum atomic E-state index is -1.31. The highest BCUT2D eigenvalue weighted by Crippen LogP contribution is 2.31. The van der Waals surface area contributed by atoms with Gasteiger partial charge in [-0.3, -0.25) is 14.4 Å². The summed E-state index contributed by atoms with van der Waals surface area (Å²) in [5.41, 5.74) is 11.2. The summed E-state index contributed by atoms with van der Waals surface area (Å²) in [6.07, 6.45) is 24.7. The van der Waals surface area contributed by atoms with Crippen molar-refractivity contribution in [1.29, 1.82) is 0 Å². The number of Topliss-reactive ketones (excluding diaryl/α,β-unsaturated/α-hetero) is 1. The molecule has 0 aliphatic carbocycles. The van der Waals surface area contributed by atoms with E-state index < -0.39 is 29.3 Å². The van der Waals surface area contributed by atoms with Gasteiger partial charge in [0, 0.05) is 12.2 Å². The van der Waals surface area contributed by atoms with Gasteiger partial charge in [-0.2, -0.15) is 0 Å². The van der Waals surface area contributed by atoms with Crippen LogP contribution >= 0.6 is 21.6 Å². The maximum atomic E-state index is 12.6. The van der Waals surface area contributed by atoms with Crippen molar-refractivity contribution in [2.24, 2.45) is 11.5 Å². The third-order valence-corrected chi connectivity index (χ3v) is 9.53. The molecule has 0 aromatic carbocycles. The topological polar surface area (TPSA) is 144 Å². The number of hydrogen-bond acceptors (Lipinski definition) is 7. The maximum Gasteiger partial charge on any atom is 0.322 e. The molecule has 0 bridgehead atoms. The van der Waals surface area contributed by atoms with Crippen LogP contribution in [0.1, 0.15) is 135 Å². The quantitative estimate of drug-likeness (QED) is 0.0588. The SMILES string of the molecule is CCCCCCCCCCCCCCCCCCCCCC(=O)C(SSC[C@H](N)C(=O)O)[C@H](N)C(=O)O. The average molecular weight is 563 g/mol. The zero-order valence-corrected chi connectivity index (χ0v) is 24.8. The molecule has 9 heteroatoms. The minimum absolute atomic E-state index is 0.0787. The molecule has 7 nitrogen and oxygen atoms in total. The molecule has 1 unspecified atom stereocenters. The summed E-state index contributed by atoms with van der Waals surface area (Å²) < 4.78 is 0. The van der Waals surface area contributed by atoms with Gasteiger partial charge in [0.05, 0.1) is 5.25 Å². The Morgan fingerprint density at radius 1 is 0.622 bits per heavy atom. The molecule has 0 heterocycles. The molecular formula is C28H54N2O5S2. The van der Waals surface area contributed by atoms with E-state index in [1.165, 1.54) is 103 Å². The van der Waals surface area contributed by atoms with Gasteiger partial charge in [0.15, 0.2) is 0 Å². The molecule has 0 rings (SSSR count). The highest BCUT2D eigenvalue weighted by atomic mass is 33.1. The average Bonchev–Trinajstić information content (AvgIpc) is 2.87. The van der Waals surface area contributed by atoms with E-state index in [-0.39, 0.29) is 11.5 Å². The molecule has 3 atom stereocenters. The summed E-state index contributed by atoms with van der Waals surface area (Å²) in [5.74, 6) is -2.48. The van der Waals surface area contributed by atoms with E-state index in [2.05, 4.69) is 6.92 Å². The van der Waals surface area contributed by atoms with E-state index in [1.54, 1.807) is 0 Å². The molecule has 0 aliphatic heterocycles. The Morgan fingerprint density at radius 2 is 1.00 bits per heavy atom. The van der Waals surface area contributed by atoms with Crippen molar-refractivity contribution in [3.8, 4) is 0 Å². The molecule has 6 N–H and O–H groups in total. The summed E-state index contributed by atoms with van der Waals surface area (Å²) in [6, 6.07) is -2.37. The molecule has 0 aromatic rings. The first kappa shape index (κ1) is 36.2. The number of carboxylic acids is 2. The van der Waals surface area contributed by atoms with Gasteiger partial charge in [-0.05, 0) is 6.42 Å². The standard InChI is InChI=1S/C28H54N2O5S2/c1-2-3-4-5-6-7-8-9-10-11-12-13-14-15-16-17-18-19-20-21-24(31)26(25(30)28(34)35)37-36-22-23(29)27(32)33/h23,25-26H,2-22,29-30H2,1H3,(H,32,33)(H,34,35)/t23-,25-,26?/m0/s1. The van der Waals surface area contributed by atoms with Gasteiger partial charge < -0.3 is 21.7 Å². The molecule has 0 radical (unpaired) electrons. The van der Waals surface area contributed by atoms with Crippen molar-refractivity contribution in [3.63, 3.8) is 0 Å². The number of nitrogens with two attached hydrogens (primary N) is 2. The predicted octanol–water partition coefficient (Wildman–Crippen LogP) is 6.95. The molecule has 0 saturated carbocycles. The van der Waals surface area contributed by atoms with Crippen LogP contribution in [0.2, 0.25) is 0 Å². The van der Waals surface area contributed by atoms with Gasteiger partial charge in [0.25, 0.3) is 0 Å². The third-order valence-electron chi connectivity index (χ3n) is 6.69. The smallest absolute Gasteiger partial charge is 0.322 e. The minimum Gasteiger partial charge on any atom is -0.480 e. The van der Waals surface area contributed by atoms with E-state index in [9.17, 15) is 19.5 Å². The zero-order valence-electron chi connectivity index (χ0n) is 23.2. The van der Waals surface area contributed by atoms with Crippen LogP contribution in [0.3, 0.4) is 0 Å². The Kier molecular flexibility index (Phi) is 25.0. The number of carboxylic acid groups (broad SMARTS) is 2. The lowest BCUT2D eigenvalue weighted by molar-refractivity contribution is -0.140. The Morgan fingerprint density at radius 3 is 1.35 bits per heavy atom. The van der Waals surface area contributed by atoms with Crippen LogP contribution in [0.4, 0.5) is 0 Å². The van der Waals surface area contributed by atoms with Crippen molar-refractivity contribution in [2.75, 3.05) is 5.75 Å². The van der Waals surface area contributed by atoms with E-state index in [4.69, 9.17) is 16.6 Å². The Hall–Kier alpha value is -0.770. The van der Waals surface area contributed by atoms with E-state index in [0.29, 0.717) is 6.42 Å². The number of ketones is 1. The molecular weight excluding hydrogens is 508 g/mol. The van der Waals surface area contributed by atoms with Crippen LogP contribution in [0.5, 0.6) is 0 Å². The van der Waals surface area contributed by atoms with E-state index >= 15 is 0 Å². The molecule has 0 spiro atoms. The summed E-state index contributed by atoms with van der Waals surface area (Å²) in [5, 5.41) is 17.2. The summed E-state index contributed by atoms with van der Waals surface area (Å²) in [4.78, 5) is 34.7. The second kappa shape index (κ2) is 25.5. The van der Waals surface area contributed by atoms with E-state index in [1.807, 2.05) is 0 Å². The highest BCUT2D eigenvalue weighted by Gasteiger charge is 2.31. The van der Waals surface area contributed by atoms with Crippen LogP contribution in [-0.4, -0.2) is 51.0 Å². The lowest BCUT2D eigenvalue weighted by atomic mass is 10.0. The molecule has 0 amide bonds. The monoisotopic (exact) mass is 562 g/mol. The number of carbonyl (C=O) groups is 3. The summed E-state index contributed by atoms with van der Waals surface area (Å²) in [7, 11) is 2.11. The molecule has 0 aliphatic rings. The number of hydrogen-bond donors (Lipinski definition) is 4. The molecule has 218 valence electrons. The number of unbranched alkanes of at least 4 members (excludes halogenated alkanes) is 18. The number of aliphatic carboxylic acids is 2. The van der Waals surface area contributed by atoms with Crippen molar-refractivity contribution >= 4 is 39.3 Å². The van der Waals surface area contributed by atoms with Crippen LogP contribution in [-0.2, 0) is 14.4 Å². The first-order valence-corrected chi connectivity index (χ1v) is 17.0. The van der Waals surface area contributed by atoms with Gasteiger partial charge in [0.2, 0.25) is 0 Å². The van der Waals surface area contributed by atoms with E-state index in [0.717, 1.165) is 40.9 Å². The molecule has 37 heavy (non-hydrogen) atoms. The lowest BCUT2D eigenvalue weighted by Crippen LogP contribution is -2.44. The Labute approximate surface area is 233 Å². The second-order valence-corrected chi connectivity index (χ2v) is 12.7. The Balaban J connectivity index is 3.69. The van der Waals surface area contributed by atoms with Gasteiger partial charge in [-0.1, -0.05) is 144 Å². The van der Waals surface area contributed by atoms with Gasteiger partial charge in [-0.25, -0.2) is 0 Å². The van der Waals surface area contributed by atoms with Crippen LogP contribution in [0.15, 0.2) is 0 Å². The number of rotatable bonds is 28. The first-order chi connectivity index (χ1) is 17.8. The predicted molar refractivity (Wildman–Crippen MR) is 158 cm³/mol. The lowest BCUT2D eigenvalue weighted by Gasteiger charge is -2.19. The Bertz CT molecular complexity index is 595. The maximum absolute atomic E-state index is 12.6. The van der Waals surface area contributed by atoms with Crippen molar-refractivity contribution in [3.05, 3.63) is 0 Å². The fourth-order valence-corrected chi connectivity index (χ4v) is 6.99. The first-order valence-electron chi connectivity index (χ1n) is 14.6. The highest BCUT2D eigenvalue weighted by molar-refractivity contribution is 8.77. The van der Waals surface area contributed by atoms with Gasteiger partial charge in [-0.15, -0.1) is 0 Å². The molecule has 0 fully saturated rings. The third kappa shape index (κ3) is 21.8. The second-order valence-electron chi connectivity index (χ2n) is 10.2. The normalized spacial score (nSPS) is 13.8. The van der Waals surface area contributed by atoms with Crippen molar-refractivity contribution < 1.29 is 24.6 Å². The fourth-order valence-electron chi connectivity index (χ4n) is 4.22. The van der Waals surface area contributed by atoms with Crippen molar-refractivity contribution in [1.82, 2.24) is 0 Å². The van der Waals surface area contributed by atoms with Crippen LogP contribution < -0.4 is 11.5 Å². The van der Waals surface area contributed by atoms with Crippen molar-refractivity contribution in [2.45, 2.75) is 153 Å². The zero-order chi connectivity index (χ0) is 27.7. The van der Waals surface area contributed by atoms with Crippen LogP contribution in [0.25, 0.3) is 0 Å². The molecule has 0 aromatic heterocycles. The summed E-state index contributed by atoms with van der Waals surface area (Å²) in [6.45, 7) is 2.27. The van der Waals surface area contributed by atoms with Gasteiger partial charge >= 0.3 is 11.9 Å². The van der Waals surface area contributed by atoms with Gasteiger partial charge in [0.1, 0.15) is 17.9 Å². The number of carbonyl (C=O) groups excluding carboxylic acids is 1.